The second kappa shape index (κ2) is 5.57. The summed E-state index contributed by atoms with van der Waals surface area (Å²) in [7, 11) is 1.70. The number of aromatic nitrogens is 1. The van der Waals surface area contributed by atoms with E-state index in [1.807, 2.05) is 31.2 Å². The van der Waals surface area contributed by atoms with Gasteiger partial charge in [0, 0.05) is 18.6 Å². The van der Waals surface area contributed by atoms with Crippen molar-refractivity contribution >= 4 is 22.6 Å². The summed E-state index contributed by atoms with van der Waals surface area (Å²) in [5, 5.41) is 19.3. The third-order valence-electron chi connectivity index (χ3n) is 3.36. The molecule has 1 unspecified atom stereocenters. The number of hydrogen-bond donors (Lipinski definition) is 1. The third kappa shape index (κ3) is 2.28. The molecule has 0 aliphatic heterocycles. The molecule has 0 bridgehead atoms. The lowest BCUT2D eigenvalue weighted by Crippen LogP contribution is -2.38. The largest absolute Gasteiger partial charge is 0.480 e. The van der Waals surface area contributed by atoms with E-state index in [1.54, 1.807) is 11.9 Å². The van der Waals surface area contributed by atoms with Gasteiger partial charge in [0.15, 0.2) is 0 Å². The standard InChI is InChI=1S/C15H15N3O2/c1-3-13(15(19)20)18(2)14-10(8-16)9-17-12-7-5-4-6-11(12)14/h4-7,9,13H,3H2,1-2H3,(H,19,20). The van der Waals surface area contributed by atoms with Crippen LogP contribution in [0.25, 0.3) is 10.9 Å². The molecule has 1 aromatic heterocycles. The van der Waals surface area contributed by atoms with E-state index in [1.165, 1.54) is 6.20 Å². The summed E-state index contributed by atoms with van der Waals surface area (Å²) in [5.41, 5.74) is 1.74. The maximum absolute atomic E-state index is 11.3. The molecular weight excluding hydrogens is 254 g/mol. The van der Waals surface area contributed by atoms with Gasteiger partial charge in [0.2, 0.25) is 0 Å². The van der Waals surface area contributed by atoms with Crippen molar-refractivity contribution in [3.05, 3.63) is 36.0 Å². The molecule has 0 aliphatic rings. The average molecular weight is 269 g/mol. The molecule has 0 radical (unpaired) electrons. The Balaban J connectivity index is 2.68. The molecule has 0 spiro atoms. The maximum atomic E-state index is 11.3. The molecule has 102 valence electrons. The number of rotatable bonds is 4. The van der Waals surface area contributed by atoms with Crippen LogP contribution >= 0.6 is 0 Å². The monoisotopic (exact) mass is 269 g/mol. The number of carbonyl (C=O) groups is 1. The maximum Gasteiger partial charge on any atom is 0.326 e. The first-order valence-electron chi connectivity index (χ1n) is 6.33. The lowest BCUT2D eigenvalue weighted by molar-refractivity contribution is -0.138. The fraction of sp³-hybridized carbons (Fsp3) is 0.267. The number of hydrogen-bond acceptors (Lipinski definition) is 4. The lowest BCUT2D eigenvalue weighted by Gasteiger charge is -2.27. The van der Waals surface area contributed by atoms with Crippen molar-refractivity contribution in [3.63, 3.8) is 0 Å². The Bertz CT molecular complexity index is 691. The molecule has 0 amide bonds. The molecule has 20 heavy (non-hydrogen) atoms. The topological polar surface area (TPSA) is 77.2 Å². The molecule has 0 saturated carbocycles. The van der Waals surface area contributed by atoms with E-state index in [0.29, 0.717) is 17.7 Å². The molecule has 1 atom stereocenters. The van der Waals surface area contributed by atoms with E-state index < -0.39 is 12.0 Å². The molecule has 0 aliphatic carbocycles. The predicted octanol–water partition coefficient (Wildman–Crippen LogP) is 2.41. The number of para-hydroxylation sites is 1. The van der Waals surface area contributed by atoms with Gasteiger partial charge in [-0.3, -0.25) is 4.98 Å². The normalized spacial score (nSPS) is 11.8. The number of anilines is 1. The highest BCUT2D eigenvalue weighted by Crippen LogP contribution is 2.30. The molecule has 1 aromatic carbocycles. The quantitative estimate of drug-likeness (QED) is 0.922. The highest BCUT2D eigenvalue weighted by Gasteiger charge is 2.24. The van der Waals surface area contributed by atoms with Crippen molar-refractivity contribution < 1.29 is 9.90 Å². The first kappa shape index (κ1) is 13.8. The molecule has 0 fully saturated rings. The molecule has 1 heterocycles. The minimum atomic E-state index is -0.903. The Hall–Kier alpha value is -2.61. The highest BCUT2D eigenvalue weighted by atomic mass is 16.4. The molecule has 1 N–H and O–H groups in total. The highest BCUT2D eigenvalue weighted by molar-refractivity contribution is 5.96. The number of carboxylic acids is 1. The summed E-state index contributed by atoms with van der Waals surface area (Å²) in [5.74, 6) is -0.903. The first-order valence-corrected chi connectivity index (χ1v) is 6.33. The van der Waals surface area contributed by atoms with Gasteiger partial charge in [0.25, 0.3) is 0 Å². The number of pyridine rings is 1. The Morgan fingerprint density at radius 3 is 2.80 bits per heavy atom. The minimum Gasteiger partial charge on any atom is -0.480 e. The van der Waals surface area contributed by atoms with Gasteiger partial charge in [0.05, 0.1) is 16.8 Å². The molecule has 0 saturated heterocycles. The van der Waals surface area contributed by atoms with Crippen LogP contribution in [-0.2, 0) is 4.79 Å². The van der Waals surface area contributed by atoms with Gasteiger partial charge in [-0.25, -0.2) is 4.79 Å². The fourth-order valence-corrected chi connectivity index (χ4v) is 2.36. The molecule has 5 heteroatoms. The zero-order valence-corrected chi connectivity index (χ0v) is 11.4. The van der Waals surface area contributed by atoms with E-state index in [9.17, 15) is 15.2 Å². The van der Waals surface area contributed by atoms with E-state index in [2.05, 4.69) is 11.1 Å². The van der Waals surface area contributed by atoms with E-state index in [4.69, 9.17) is 0 Å². The Morgan fingerprint density at radius 2 is 2.20 bits per heavy atom. The zero-order chi connectivity index (χ0) is 14.7. The minimum absolute atomic E-state index is 0.380. The van der Waals surface area contributed by atoms with Crippen LogP contribution in [0.15, 0.2) is 30.5 Å². The van der Waals surface area contributed by atoms with Crippen LogP contribution in [0.1, 0.15) is 18.9 Å². The van der Waals surface area contributed by atoms with Gasteiger partial charge in [0.1, 0.15) is 12.1 Å². The van der Waals surface area contributed by atoms with Crippen LogP contribution in [0.4, 0.5) is 5.69 Å². The molecule has 2 aromatic rings. The summed E-state index contributed by atoms with van der Waals surface area (Å²) in [4.78, 5) is 17.2. The van der Waals surface area contributed by atoms with Crippen LogP contribution in [0.3, 0.4) is 0 Å². The van der Waals surface area contributed by atoms with Crippen LogP contribution < -0.4 is 4.90 Å². The van der Waals surface area contributed by atoms with Crippen molar-refractivity contribution in [2.45, 2.75) is 19.4 Å². The number of benzene rings is 1. The van der Waals surface area contributed by atoms with Crippen LogP contribution in [0.2, 0.25) is 0 Å². The van der Waals surface area contributed by atoms with Crippen molar-refractivity contribution in [1.82, 2.24) is 4.98 Å². The van der Waals surface area contributed by atoms with Gasteiger partial charge in [-0.2, -0.15) is 5.26 Å². The summed E-state index contributed by atoms with van der Waals surface area (Å²) in [6.07, 6.45) is 1.94. The summed E-state index contributed by atoms with van der Waals surface area (Å²) < 4.78 is 0. The van der Waals surface area contributed by atoms with Crippen LogP contribution in [0.5, 0.6) is 0 Å². The predicted molar refractivity (Wildman–Crippen MR) is 76.6 cm³/mol. The second-order valence-electron chi connectivity index (χ2n) is 4.52. The summed E-state index contributed by atoms with van der Waals surface area (Å²) >= 11 is 0. The Morgan fingerprint density at radius 1 is 1.50 bits per heavy atom. The molecule has 5 nitrogen and oxygen atoms in total. The fourth-order valence-electron chi connectivity index (χ4n) is 2.36. The van der Waals surface area contributed by atoms with Crippen LogP contribution in [-0.4, -0.2) is 29.1 Å². The Kier molecular flexibility index (Phi) is 3.85. The number of likely N-dealkylation sites (N-methyl/N-ethyl adjacent to an activating group) is 1. The number of nitriles is 1. The van der Waals surface area contributed by atoms with Crippen molar-refractivity contribution in [2.75, 3.05) is 11.9 Å². The SMILES string of the molecule is CCC(C(=O)O)N(C)c1c(C#N)cnc2ccccc12. The molecular formula is C15H15N3O2. The van der Waals surface area contributed by atoms with Gasteiger partial charge in [-0.15, -0.1) is 0 Å². The lowest BCUT2D eigenvalue weighted by atomic mass is 10.1. The number of nitrogens with zero attached hydrogens (tertiary/aromatic N) is 3. The van der Waals surface area contributed by atoms with E-state index in [0.717, 1.165) is 10.9 Å². The van der Waals surface area contributed by atoms with Gasteiger partial charge in [-0.05, 0) is 12.5 Å². The smallest absolute Gasteiger partial charge is 0.326 e. The first-order chi connectivity index (χ1) is 9.60. The van der Waals surface area contributed by atoms with Crippen molar-refractivity contribution in [2.24, 2.45) is 0 Å². The van der Waals surface area contributed by atoms with Crippen molar-refractivity contribution in [3.8, 4) is 6.07 Å². The number of fused-ring (bicyclic) bond motifs is 1. The van der Waals surface area contributed by atoms with Crippen LogP contribution in [0, 0.1) is 11.3 Å². The zero-order valence-electron chi connectivity index (χ0n) is 11.4. The third-order valence-corrected chi connectivity index (χ3v) is 3.36. The number of aliphatic carboxylic acids is 1. The summed E-state index contributed by atoms with van der Waals surface area (Å²) in [6, 6.07) is 8.82. The van der Waals surface area contributed by atoms with E-state index in [-0.39, 0.29) is 0 Å². The Labute approximate surface area is 117 Å². The number of carboxylic acid groups (broad SMARTS) is 1. The van der Waals surface area contributed by atoms with Gasteiger partial charge >= 0.3 is 5.97 Å². The van der Waals surface area contributed by atoms with Gasteiger partial charge < -0.3 is 10.0 Å². The van der Waals surface area contributed by atoms with Gasteiger partial charge in [-0.1, -0.05) is 25.1 Å². The molecule has 2 rings (SSSR count). The summed E-state index contributed by atoms with van der Waals surface area (Å²) in [6.45, 7) is 1.81. The van der Waals surface area contributed by atoms with E-state index >= 15 is 0 Å². The second-order valence-corrected chi connectivity index (χ2v) is 4.52. The van der Waals surface area contributed by atoms with Crippen molar-refractivity contribution in [1.29, 1.82) is 5.26 Å². The average Bonchev–Trinajstić information content (AvgIpc) is 2.46.